The van der Waals surface area contributed by atoms with Crippen molar-refractivity contribution in [3.05, 3.63) is 74.3 Å². The van der Waals surface area contributed by atoms with Crippen LogP contribution in [0, 0.1) is 0 Å². The van der Waals surface area contributed by atoms with E-state index in [2.05, 4.69) is 4.98 Å². The largest absolute Gasteiger partial charge is 0.292 e. The topological polar surface area (TPSA) is 34.9 Å². The molecular formula is C18H12Cl2N2O. The summed E-state index contributed by atoms with van der Waals surface area (Å²) < 4.78 is 1.71. The molecule has 0 N–H and O–H groups in total. The highest BCUT2D eigenvalue weighted by Gasteiger charge is 2.21. The maximum atomic E-state index is 12.6. The quantitative estimate of drug-likeness (QED) is 0.645. The predicted octanol–water partition coefficient (Wildman–Crippen LogP) is 4.65. The fraction of sp³-hybridized carbons (Fsp3) is 0.111. The van der Waals surface area contributed by atoms with Crippen molar-refractivity contribution < 1.29 is 0 Å². The van der Waals surface area contributed by atoms with Gasteiger partial charge in [-0.15, -0.1) is 0 Å². The fourth-order valence-corrected chi connectivity index (χ4v) is 3.27. The van der Waals surface area contributed by atoms with Crippen molar-refractivity contribution in [1.82, 2.24) is 9.55 Å². The molecule has 0 bridgehead atoms. The van der Waals surface area contributed by atoms with E-state index in [0.717, 1.165) is 17.6 Å². The molecule has 0 atom stereocenters. The van der Waals surface area contributed by atoms with Crippen molar-refractivity contribution >= 4 is 45.8 Å². The van der Waals surface area contributed by atoms with Gasteiger partial charge in [0.2, 0.25) is 0 Å². The number of benzene rings is 2. The molecule has 2 aromatic carbocycles. The highest BCUT2D eigenvalue weighted by atomic mass is 35.5. The fourth-order valence-electron chi connectivity index (χ4n) is 2.91. The Balaban J connectivity index is 1.93. The number of allylic oxidation sites excluding steroid dienone is 1. The van der Waals surface area contributed by atoms with Gasteiger partial charge in [0.25, 0.3) is 5.56 Å². The van der Waals surface area contributed by atoms with E-state index in [1.165, 1.54) is 0 Å². The zero-order valence-corrected chi connectivity index (χ0v) is 13.6. The van der Waals surface area contributed by atoms with E-state index in [4.69, 9.17) is 23.2 Å². The molecule has 3 nitrogen and oxygen atoms in total. The van der Waals surface area contributed by atoms with E-state index in [-0.39, 0.29) is 5.56 Å². The zero-order valence-electron chi connectivity index (χ0n) is 12.1. The summed E-state index contributed by atoms with van der Waals surface area (Å²) in [5, 5.41) is 1.79. The van der Waals surface area contributed by atoms with Crippen LogP contribution in [0.2, 0.25) is 10.0 Å². The van der Waals surface area contributed by atoms with Gasteiger partial charge in [-0.2, -0.15) is 0 Å². The van der Waals surface area contributed by atoms with Crippen molar-refractivity contribution in [2.45, 2.75) is 13.0 Å². The molecular weight excluding hydrogens is 331 g/mol. The van der Waals surface area contributed by atoms with Gasteiger partial charge in [0, 0.05) is 16.6 Å². The second-order valence-corrected chi connectivity index (χ2v) is 6.34. The van der Waals surface area contributed by atoms with E-state index in [1.54, 1.807) is 22.8 Å². The van der Waals surface area contributed by atoms with Crippen LogP contribution in [0.25, 0.3) is 22.6 Å². The van der Waals surface area contributed by atoms with Gasteiger partial charge in [0.05, 0.1) is 10.9 Å². The summed E-state index contributed by atoms with van der Waals surface area (Å²) in [7, 11) is 0. The SMILES string of the molecule is O=c1c2cc(Cl)ccc2nc2n1CCC2=Cc1ccccc1Cl. The molecule has 0 unspecified atom stereocenters. The molecule has 1 aliphatic heterocycles. The number of rotatable bonds is 1. The Morgan fingerprint density at radius 3 is 2.78 bits per heavy atom. The van der Waals surface area contributed by atoms with Crippen molar-refractivity contribution in [1.29, 1.82) is 0 Å². The van der Waals surface area contributed by atoms with Crippen LogP contribution in [0.4, 0.5) is 0 Å². The second kappa shape index (κ2) is 5.52. The molecule has 3 aromatic rings. The van der Waals surface area contributed by atoms with Gasteiger partial charge in [-0.3, -0.25) is 9.36 Å². The number of hydrogen-bond donors (Lipinski definition) is 0. The van der Waals surface area contributed by atoms with Crippen molar-refractivity contribution in [2.24, 2.45) is 0 Å². The molecule has 0 fully saturated rings. The lowest BCUT2D eigenvalue weighted by atomic mass is 10.1. The smallest absolute Gasteiger partial charge is 0.261 e. The molecule has 0 spiro atoms. The molecule has 0 aliphatic carbocycles. The highest BCUT2D eigenvalue weighted by molar-refractivity contribution is 6.32. The average molecular weight is 343 g/mol. The molecule has 1 aliphatic rings. The van der Waals surface area contributed by atoms with Gasteiger partial charge < -0.3 is 0 Å². The predicted molar refractivity (Wildman–Crippen MR) is 95.0 cm³/mol. The number of aromatic nitrogens is 2. The van der Waals surface area contributed by atoms with Gasteiger partial charge in [-0.1, -0.05) is 41.4 Å². The Morgan fingerprint density at radius 1 is 1.13 bits per heavy atom. The summed E-state index contributed by atoms with van der Waals surface area (Å²) in [4.78, 5) is 17.3. The van der Waals surface area contributed by atoms with E-state index in [0.29, 0.717) is 33.3 Å². The summed E-state index contributed by atoms with van der Waals surface area (Å²) in [6.45, 7) is 0.625. The molecule has 0 saturated carbocycles. The molecule has 5 heteroatoms. The Morgan fingerprint density at radius 2 is 1.96 bits per heavy atom. The first-order valence-electron chi connectivity index (χ1n) is 7.29. The van der Waals surface area contributed by atoms with Crippen molar-refractivity contribution in [3.63, 3.8) is 0 Å². The number of nitrogens with zero attached hydrogens (tertiary/aromatic N) is 2. The lowest BCUT2D eigenvalue weighted by Gasteiger charge is -2.06. The normalized spacial score (nSPS) is 15.3. The minimum Gasteiger partial charge on any atom is -0.292 e. The highest BCUT2D eigenvalue weighted by Crippen LogP contribution is 2.29. The van der Waals surface area contributed by atoms with Crippen LogP contribution in [0.1, 0.15) is 17.8 Å². The zero-order chi connectivity index (χ0) is 16.0. The standard InChI is InChI=1S/C18H12Cl2N2O/c19-13-5-6-16-14(10-13)18(23)22-8-7-12(17(22)21-16)9-11-3-1-2-4-15(11)20/h1-6,9-10H,7-8H2. The molecule has 0 radical (unpaired) electrons. The van der Waals surface area contributed by atoms with Crippen LogP contribution in [0.5, 0.6) is 0 Å². The maximum absolute atomic E-state index is 12.6. The maximum Gasteiger partial charge on any atom is 0.261 e. The van der Waals surface area contributed by atoms with Crippen LogP contribution in [0.15, 0.2) is 47.3 Å². The van der Waals surface area contributed by atoms with Crippen LogP contribution in [-0.4, -0.2) is 9.55 Å². The molecule has 0 amide bonds. The minimum absolute atomic E-state index is 0.0462. The summed E-state index contributed by atoms with van der Waals surface area (Å²) in [6.07, 6.45) is 2.77. The molecule has 4 rings (SSSR count). The summed E-state index contributed by atoms with van der Waals surface area (Å²) in [5.41, 5.74) is 2.57. The lowest BCUT2D eigenvalue weighted by Crippen LogP contribution is -2.20. The van der Waals surface area contributed by atoms with Crippen molar-refractivity contribution in [3.8, 4) is 0 Å². The molecule has 2 heterocycles. The summed E-state index contributed by atoms with van der Waals surface area (Å²) in [6, 6.07) is 12.9. The van der Waals surface area contributed by atoms with E-state index < -0.39 is 0 Å². The van der Waals surface area contributed by atoms with Crippen molar-refractivity contribution in [2.75, 3.05) is 0 Å². The molecule has 23 heavy (non-hydrogen) atoms. The second-order valence-electron chi connectivity index (χ2n) is 5.49. The Kier molecular flexibility index (Phi) is 3.47. The molecule has 0 saturated heterocycles. The van der Waals surface area contributed by atoms with Crippen LogP contribution in [0.3, 0.4) is 0 Å². The first-order valence-corrected chi connectivity index (χ1v) is 8.04. The lowest BCUT2D eigenvalue weighted by molar-refractivity contribution is 0.725. The number of hydrogen-bond acceptors (Lipinski definition) is 2. The van der Waals surface area contributed by atoms with Crippen LogP contribution in [-0.2, 0) is 6.54 Å². The van der Waals surface area contributed by atoms with Gasteiger partial charge in [-0.25, -0.2) is 4.98 Å². The van der Waals surface area contributed by atoms with E-state index in [9.17, 15) is 4.79 Å². The van der Waals surface area contributed by atoms with Gasteiger partial charge in [0.15, 0.2) is 0 Å². The van der Waals surface area contributed by atoms with Gasteiger partial charge in [-0.05, 0) is 47.9 Å². The summed E-state index contributed by atoms with van der Waals surface area (Å²) in [5.74, 6) is 0.713. The number of halogens is 2. The third-order valence-corrected chi connectivity index (χ3v) is 4.62. The Bertz CT molecular complexity index is 1020. The van der Waals surface area contributed by atoms with E-state index >= 15 is 0 Å². The molecule has 114 valence electrons. The average Bonchev–Trinajstić information content (AvgIpc) is 2.94. The summed E-state index contributed by atoms with van der Waals surface area (Å²) >= 11 is 12.2. The Hall–Kier alpha value is -2.10. The number of fused-ring (bicyclic) bond motifs is 2. The first-order chi connectivity index (χ1) is 11.1. The van der Waals surface area contributed by atoms with Crippen LogP contribution < -0.4 is 5.56 Å². The Labute approximate surface area is 142 Å². The van der Waals surface area contributed by atoms with Gasteiger partial charge in [0.1, 0.15) is 5.82 Å². The first kappa shape index (κ1) is 14.5. The third kappa shape index (κ3) is 2.46. The minimum atomic E-state index is -0.0462. The van der Waals surface area contributed by atoms with Crippen LogP contribution >= 0.6 is 23.2 Å². The third-order valence-electron chi connectivity index (χ3n) is 4.04. The molecule has 1 aromatic heterocycles. The monoisotopic (exact) mass is 342 g/mol. The van der Waals surface area contributed by atoms with Gasteiger partial charge >= 0.3 is 0 Å². The van der Waals surface area contributed by atoms with E-state index in [1.807, 2.05) is 30.3 Å².